The molecule has 0 atom stereocenters. The van der Waals surface area contributed by atoms with E-state index in [1.165, 1.54) is 25.0 Å². The molecule has 0 bridgehead atoms. The predicted octanol–water partition coefficient (Wildman–Crippen LogP) is 1.94. The van der Waals surface area contributed by atoms with Gasteiger partial charge in [0.05, 0.1) is 11.2 Å². The molecule has 0 saturated heterocycles. The molecular formula is C11H17N3. The second-order valence-corrected chi connectivity index (χ2v) is 4.68. The molecule has 1 aliphatic rings. The van der Waals surface area contributed by atoms with E-state index in [9.17, 15) is 0 Å². The van der Waals surface area contributed by atoms with Crippen LogP contribution >= 0.6 is 0 Å². The summed E-state index contributed by atoms with van der Waals surface area (Å²) in [7, 11) is 0. The van der Waals surface area contributed by atoms with E-state index in [1.807, 2.05) is 13.8 Å². The van der Waals surface area contributed by atoms with Crippen LogP contribution in [-0.4, -0.2) is 9.97 Å². The molecule has 1 saturated carbocycles. The molecule has 3 nitrogen and oxygen atoms in total. The van der Waals surface area contributed by atoms with Crippen LogP contribution in [-0.2, 0) is 5.54 Å². The third kappa shape index (κ3) is 1.77. The summed E-state index contributed by atoms with van der Waals surface area (Å²) >= 11 is 0. The highest BCUT2D eigenvalue weighted by Crippen LogP contribution is 2.35. The smallest absolute Gasteiger partial charge is 0.116 e. The molecule has 2 rings (SSSR count). The molecule has 0 radical (unpaired) electrons. The first-order valence-electron chi connectivity index (χ1n) is 5.18. The zero-order chi connectivity index (χ0) is 10.2. The Morgan fingerprint density at radius 3 is 2.57 bits per heavy atom. The lowest BCUT2D eigenvalue weighted by Gasteiger charge is -2.26. The maximum absolute atomic E-state index is 5.99. The first kappa shape index (κ1) is 9.59. The SMILES string of the molecule is CC(C)(N)c1cc(C2CCC2)ncn1. The van der Waals surface area contributed by atoms with Gasteiger partial charge in [-0.05, 0) is 32.8 Å². The van der Waals surface area contributed by atoms with Crippen molar-refractivity contribution in [2.45, 2.75) is 44.6 Å². The van der Waals surface area contributed by atoms with E-state index in [1.54, 1.807) is 6.33 Å². The topological polar surface area (TPSA) is 51.8 Å². The van der Waals surface area contributed by atoms with Crippen molar-refractivity contribution in [3.63, 3.8) is 0 Å². The van der Waals surface area contributed by atoms with Crippen LogP contribution < -0.4 is 5.73 Å². The minimum Gasteiger partial charge on any atom is -0.321 e. The molecule has 2 N–H and O–H groups in total. The zero-order valence-electron chi connectivity index (χ0n) is 8.83. The fourth-order valence-corrected chi connectivity index (χ4v) is 1.65. The van der Waals surface area contributed by atoms with Crippen molar-refractivity contribution in [3.8, 4) is 0 Å². The fourth-order valence-electron chi connectivity index (χ4n) is 1.65. The summed E-state index contributed by atoms with van der Waals surface area (Å²) in [6.45, 7) is 3.94. The third-order valence-electron chi connectivity index (χ3n) is 2.87. The summed E-state index contributed by atoms with van der Waals surface area (Å²) < 4.78 is 0. The van der Waals surface area contributed by atoms with E-state index in [0.717, 1.165) is 5.69 Å². The number of aromatic nitrogens is 2. The van der Waals surface area contributed by atoms with Crippen molar-refractivity contribution in [1.29, 1.82) is 0 Å². The van der Waals surface area contributed by atoms with Crippen LogP contribution in [0.15, 0.2) is 12.4 Å². The number of hydrogen-bond acceptors (Lipinski definition) is 3. The van der Waals surface area contributed by atoms with Gasteiger partial charge in [-0.1, -0.05) is 6.42 Å². The Hall–Kier alpha value is -0.960. The second kappa shape index (κ2) is 3.31. The van der Waals surface area contributed by atoms with Gasteiger partial charge in [-0.2, -0.15) is 0 Å². The molecule has 1 aromatic heterocycles. The Balaban J connectivity index is 2.26. The first-order valence-corrected chi connectivity index (χ1v) is 5.18. The monoisotopic (exact) mass is 191 g/mol. The van der Waals surface area contributed by atoms with Crippen LogP contribution in [0.25, 0.3) is 0 Å². The van der Waals surface area contributed by atoms with Gasteiger partial charge in [-0.25, -0.2) is 9.97 Å². The maximum atomic E-state index is 5.99. The molecule has 14 heavy (non-hydrogen) atoms. The van der Waals surface area contributed by atoms with Crippen molar-refractivity contribution < 1.29 is 0 Å². The average molecular weight is 191 g/mol. The Bertz CT molecular complexity index is 324. The van der Waals surface area contributed by atoms with E-state index in [2.05, 4.69) is 16.0 Å². The minimum absolute atomic E-state index is 0.360. The van der Waals surface area contributed by atoms with Crippen molar-refractivity contribution in [1.82, 2.24) is 9.97 Å². The van der Waals surface area contributed by atoms with Crippen LogP contribution in [0.2, 0.25) is 0 Å². The average Bonchev–Trinajstić information content (AvgIpc) is 2.00. The van der Waals surface area contributed by atoms with Gasteiger partial charge in [0.1, 0.15) is 6.33 Å². The van der Waals surface area contributed by atoms with Crippen LogP contribution in [0.5, 0.6) is 0 Å². The lowest BCUT2D eigenvalue weighted by molar-refractivity contribution is 0.408. The summed E-state index contributed by atoms with van der Waals surface area (Å²) in [4.78, 5) is 8.52. The molecule has 1 aliphatic carbocycles. The van der Waals surface area contributed by atoms with E-state index < -0.39 is 0 Å². The van der Waals surface area contributed by atoms with Gasteiger partial charge in [0.2, 0.25) is 0 Å². The van der Waals surface area contributed by atoms with Crippen molar-refractivity contribution >= 4 is 0 Å². The Morgan fingerprint density at radius 2 is 2.07 bits per heavy atom. The highest BCUT2D eigenvalue weighted by Gasteiger charge is 2.23. The predicted molar refractivity (Wildman–Crippen MR) is 55.8 cm³/mol. The quantitative estimate of drug-likeness (QED) is 0.777. The number of nitrogens with two attached hydrogens (primary N) is 1. The molecule has 1 heterocycles. The standard InChI is InChI=1S/C11H17N3/c1-11(2,12)10-6-9(13-7-14-10)8-4-3-5-8/h6-8H,3-5,12H2,1-2H3. The van der Waals surface area contributed by atoms with Gasteiger partial charge < -0.3 is 5.73 Å². The van der Waals surface area contributed by atoms with E-state index >= 15 is 0 Å². The molecule has 0 amide bonds. The molecule has 1 fully saturated rings. The van der Waals surface area contributed by atoms with Gasteiger partial charge in [0.15, 0.2) is 0 Å². The Labute approximate surface area is 84.8 Å². The molecule has 0 aromatic carbocycles. The molecule has 3 heteroatoms. The molecular weight excluding hydrogens is 174 g/mol. The maximum Gasteiger partial charge on any atom is 0.116 e. The van der Waals surface area contributed by atoms with E-state index in [-0.39, 0.29) is 5.54 Å². The zero-order valence-corrected chi connectivity index (χ0v) is 8.83. The Morgan fingerprint density at radius 1 is 1.36 bits per heavy atom. The third-order valence-corrected chi connectivity index (χ3v) is 2.87. The highest BCUT2D eigenvalue weighted by molar-refractivity contribution is 5.19. The van der Waals surface area contributed by atoms with Crippen molar-refractivity contribution in [2.75, 3.05) is 0 Å². The van der Waals surface area contributed by atoms with Crippen molar-refractivity contribution in [2.24, 2.45) is 5.73 Å². The molecule has 0 aliphatic heterocycles. The van der Waals surface area contributed by atoms with E-state index in [0.29, 0.717) is 5.92 Å². The van der Waals surface area contributed by atoms with Crippen LogP contribution in [0.3, 0.4) is 0 Å². The van der Waals surface area contributed by atoms with Gasteiger partial charge in [-0.15, -0.1) is 0 Å². The van der Waals surface area contributed by atoms with Crippen LogP contribution in [0, 0.1) is 0 Å². The van der Waals surface area contributed by atoms with Crippen LogP contribution in [0.4, 0.5) is 0 Å². The number of rotatable bonds is 2. The first-order chi connectivity index (χ1) is 6.57. The van der Waals surface area contributed by atoms with Gasteiger partial charge >= 0.3 is 0 Å². The Kier molecular flexibility index (Phi) is 2.27. The second-order valence-electron chi connectivity index (χ2n) is 4.68. The lowest BCUT2D eigenvalue weighted by atomic mass is 9.82. The van der Waals surface area contributed by atoms with Gasteiger partial charge in [0, 0.05) is 11.6 Å². The number of nitrogens with zero attached hydrogens (tertiary/aromatic N) is 2. The summed E-state index contributed by atoms with van der Waals surface area (Å²) in [6.07, 6.45) is 5.50. The number of hydrogen-bond donors (Lipinski definition) is 1. The summed E-state index contributed by atoms with van der Waals surface area (Å²) in [5.74, 6) is 0.652. The van der Waals surface area contributed by atoms with E-state index in [4.69, 9.17) is 5.73 Å². The lowest BCUT2D eigenvalue weighted by Crippen LogP contribution is -2.30. The minimum atomic E-state index is -0.360. The molecule has 1 aromatic rings. The summed E-state index contributed by atoms with van der Waals surface area (Å²) in [6, 6.07) is 2.06. The molecule has 0 unspecified atom stereocenters. The fraction of sp³-hybridized carbons (Fsp3) is 0.636. The summed E-state index contributed by atoms with van der Waals surface area (Å²) in [5.41, 5.74) is 7.74. The van der Waals surface area contributed by atoms with Crippen LogP contribution in [0.1, 0.15) is 50.4 Å². The normalized spacial score (nSPS) is 17.9. The molecule has 0 spiro atoms. The molecule has 76 valence electrons. The highest BCUT2D eigenvalue weighted by atomic mass is 14.9. The van der Waals surface area contributed by atoms with Gasteiger partial charge in [-0.3, -0.25) is 0 Å². The van der Waals surface area contributed by atoms with Crippen molar-refractivity contribution in [3.05, 3.63) is 23.8 Å². The summed E-state index contributed by atoms with van der Waals surface area (Å²) in [5, 5.41) is 0. The van der Waals surface area contributed by atoms with Gasteiger partial charge in [0.25, 0.3) is 0 Å². The largest absolute Gasteiger partial charge is 0.321 e.